The third kappa shape index (κ3) is 3.67. The van der Waals surface area contributed by atoms with Crippen molar-refractivity contribution >= 4 is 22.2 Å². The molecule has 0 amide bonds. The summed E-state index contributed by atoms with van der Waals surface area (Å²) < 4.78 is 24.8. The number of sulfone groups is 1. The zero-order valence-electron chi connectivity index (χ0n) is 11.6. The first-order chi connectivity index (χ1) is 10.0. The smallest absolute Gasteiger partial charge is 0.191 e. The van der Waals surface area contributed by atoms with Gasteiger partial charge in [0.25, 0.3) is 0 Å². The number of hydrogen-bond donors (Lipinski definition) is 0. The molecule has 1 unspecified atom stereocenters. The van der Waals surface area contributed by atoms with Crippen molar-refractivity contribution in [1.29, 1.82) is 0 Å². The van der Waals surface area contributed by atoms with E-state index in [0.717, 1.165) is 11.1 Å². The first-order valence-corrected chi connectivity index (χ1v) is 8.08. The SMILES string of the molecule is Cc1ccc(S(=O)(=O)C(C=O)/C=C/c2ccccc2)cc1. The van der Waals surface area contributed by atoms with E-state index >= 15 is 0 Å². The summed E-state index contributed by atoms with van der Waals surface area (Å²) in [6.07, 6.45) is 3.51. The molecule has 108 valence electrons. The maximum Gasteiger partial charge on any atom is 0.191 e. The number of carbonyl (C=O) groups is 1. The Morgan fingerprint density at radius 3 is 2.14 bits per heavy atom. The van der Waals surface area contributed by atoms with E-state index in [2.05, 4.69) is 0 Å². The van der Waals surface area contributed by atoms with Crippen LogP contribution >= 0.6 is 0 Å². The second kappa shape index (κ2) is 6.50. The lowest BCUT2D eigenvalue weighted by atomic mass is 10.2. The van der Waals surface area contributed by atoms with Gasteiger partial charge in [0.15, 0.2) is 9.84 Å². The van der Waals surface area contributed by atoms with Crippen LogP contribution in [0.5, 0.6) is 0 Å². The van der Waals surface area contributed by atoms with Gasteiger partial charge in [0, 0.05) is 0 Å². The molecule has 0 saturated carbocycles. The van der Waals surface area contributed by atoms with Crippen molar-refractivity contribution < 1.29 is 13.2 Å². The molecule has 0 spiro atoms. The number of aryl methyl sites for hydroxylation is 1. The summed E-state index contributed by atoms with van der Waals surface area (Å²) in [5.41, 5.74) is 1.82. The summed E-state index contributed by atoms with van der Waals surface area (Å²) in [4.78, 5) is 11.3. The minimum absolute atomic E-state index is 0.155. The highest BCUT2D eigenvalue weighted by molar-refractivity contribution is 7.92. The van der Waals surface area contributed by atoms with E-state index in [1.165, 1.54) is 18.2 Å². The zero-order chi connectivity index (χ0) is 15.3. The van der Waals surface area contributed by atoms with E-state index in [9.17, 15) is 13.2 Å². The Kier molecular flexibility index (Phi) is 4.70. The molecule has 0 N–H and O–H groups in total. The Balaban J connectivity index is 2.30. The maximum atomic E-state index is 12.4. The van der Waals surface area contributed by atoms with E-state index < -0.39 is 15.1 Å². The summed E-state index contributed by atoms with van der Waals surface area (Å²) in [5.74, 6) is 0. The summed E-state index contributed by atoms with van der Waals surface area (Å²) in [6.45, 7) is 1.88. The van der Waals surface area contributed by atoms with Crippen LogP contribution in [0, 0.1) is 6.92 Å². The maximum absolute atomic E-state index is 12.4. The number of benzene rings is 2. The van der Waals surface area contributed by atoms with Gasteiger partial charge in [-0.3, -0.25) is 0 Å². The monoisotopic (exact) mass is 300 g/mol. The van der Waals surface area contributed by atoms with E-state index in [-0.39, 0.29) is 4.90 Å². The third-order valence-electron chi connectivity index (χ3n) is 3.12. The highest BCUT2D eigenvalue weighted by atomic mass is 32.2. The fraction of sp³-hybridized carbons (Fsp3) is 0.118. The van der Waals surface area contributed by atoms with Crippen LogP contribution in [0.1, 0.15) is 11.1 Å². The Morgan fingerprint density at radius 1 is 0.952 bits per heavy atom. The Morgan fingerprint density at radius 2 is 1.57 bits per heavy atom. The van der Waals surface area contributed by atoms with E-state index in [0.29, 0.717) is 6.29 Å². The Hall–Kier alpha value is -2.20. The van der Waals surface area contributed by atoms with Crippen molar-refractivity contribution in [2.45, 2.75) is 17.1 Å². The standard InChI is InChI=1S/C17H16O3S/c1-14-7-10-16(11-8-14)21(19,20)17(13-18)12-9-15-5-3-2-4-6-15/h2-13,17H,1H3/b12-9+. The third-order valence-corrected chi connectivity index (χ3v) is 5.03. The number of aldehydes is 1. The molecule has 1 atom stereocenters. The summed E-state index contributed by atoms with van der Waals surface area (Å²) >= 11 is 0. The largest absolute Gasteiger partial charge is 0.302 e. The first kappa shape index (κ1) is 15.2. The molecule has 0 aliphatic rings. The number of hydrogen-bond acceptors (Lipinski definition) is 3. The van der Waals surface area contributed by atoms with Crippen molar-refractivity contribution in [3.8, 4) is 0 Å². The van der Waals surface area contributed by atoms with Crippen molar-refractivity contribution in [2.24, 2.45) is 0 Å². The Bertz CT molecular complexity index is 729. The molecular weight excluding hydrogens is 284 g/mol. The van der Waals surface area contributed by atoms with Gasteiger partial charge in [-0.25, -0.2) is 8.42 Å². The second-order valence-electron chi connectivity index (χ2n) is 4.73. The van der Waals surface area contributed by atoms with E-state index in [1.54, 1.807) is 18.2 Å². The topological polar surface area (TPSA) is 51.2 Å². The van der Waals surface area contributed by atoms with Gasteiger partial charge in [-0.2, -0.15) is 0 Å². The molecule has 0 aromatic heterocycles. The average molecular weight is 300 g/mol. The van der Waals surface area contributed by atoms with Gasteiger partial charge in [-0.1, -0.05) is 60.2 Å². The molecule has 0 fully saturated rings. The summed E-state index contributed by atoms with van der Waals surface area (Å²) in [6, 6.07) is 15.7. The lowest BCUT2D eigenvalue weighted by Crippen LogP contribution is -2.20. The highest BCUT2D eigenvalue weighted by Gasteiger charge is 2.24. The van der Waals surface area contributed by atoms with Crippen LogP contribution in [0.3, 0.4) is 0 Å². The molecule has 0 radical (unpaired) electrons. The summed E-state index contributed by atoms with van der Waals surface area (Å²) in [5, 5.41) is -1.18. The van der Waals surface area contributed by atoms with Crippen LogP contribution in [0.2, 0.25) is 0 Å². The minimum atomic E-state index is -3.69. The summed E-state index contributed by atoms with van der Waals surface area (Å²) in [7, 11) is -3.69. The predicted molar refractivity (Wildman–Crippen MR) is 83.7 cm³/mol. The lowest BCUT2D eigenvalue weighted by Gasteiger charge is -2.08. The van der Waals surface area contributed by atoms with Gasteiger partial charge in [-0.05, 0) is 24.6 Å². The van der Waals surface area contributed by atoms with Crippen LogP contribution < -0.4 is 0 Å². The normalized spacial score (nSPS) is 13.2. The highest BCUT2D eigenvalue weighted by Crippen LogP contribution is 2.17. The molecule has 21 heavy (non-hydrogen) atoms. The molecule has 0 aliphatic heterocycles. The molecular formula is C17H16O3S. The number of rotatable bonds is 5. The van der Waals surface area contributed by atoms with Crippen LogP contribution in [0.4, 0.5) is 0 Å². The van der Waals surface area contributed by atoms with E-state index in [1.807, 2.05) is 37.3 Å². The molecule has 2 aromatic rings. The second-order valence-corrected chi connectivity index (χ2v) is 6.83. The molecule has 2 aromatic carbocycles. The molecule has 2 rings (SSSR count). The average Bonchev–Trinajstić information content (AvgIpc) is 2.49. The van der Waals surface area contributed by atoms with E-state index in [4.69, 9.17) is 0 Å². The van der Waals surface area contributed by atoms with Gasteiger partial charge in [0.2, 0.25) is 0 Å². The van der Waals surface area contributed by atoms with Gasteiger partial charge in [0.05, 0.1) is 4.90 Å². The van der Waals surface area contributed by atoms with Crippen LogP contribution in [0.15, 0.2) is 65.6 Å². The fourth-order valence-corrected chi connectivity index (χ4v) is 3.14. The van der Waals surface area contributed by atoms with Crippen molar-refractivity contribution in [3.05, 3.63) is 71.8 Å². The molecule has 0 aliphatic carbocycles. The van der Waals surface area contributed by atoms with Gasteiger partial charge < -0.3 is 4.79 Å². The quantitative estimate of drug-likeness (QED) is 0.797. The fourth-order valence-electron chi connectivity index (χ4n) is 1.88. The molecule has 0 heterocycles. The van der Waals surface area contributed by atoms with Crippen LogP contribution in [0.25, 0.3) is 6.08 Å². The van der Waals surface area contributed by atoms with Crippen molar-refractivity contribution in [3.63, 3.8) is 0 Å². The van der Waals surface area contributed by atoms with Crippen LogP contribution in [-0.4, -0.2) is 20.0 Å². The van der Waals surface area contributed by atoms with Gasteiger partial charge in [-0.15, -0.1) is 0 Å². The number of carbonyl (C=O) groups excluding carboxylic acids is 1. The molecule has 0 bridgehead atoms. The van der Waals surface area contributed by atoms with Gasteiger partial charge in [0.1, 0.15) is 11.5 Å². The first-order valence-electron chi connectivity index (χ1n) is 6.53. The van der Waals surface area contributed by atoms with Crippen molar-refractivity contribution in [2.75, 3.05) is 0 Å². The Labute approximate surface area is 124 Å². The molecule has 4 heteroatoms. The van der Waals surface area contributed by atoms with Crippen molar-refractivity contribution in [1.82, 2.24) is 0 Å². The van der Waals surface area contributed by atoms with Crippen LogP contribution in [-0.2, 0) is 14.6 Å². The molecule has 0 saturated heterocycles. The predicted octanol–water partition coefficient (Wildman–Crippen LogP) is 3.05. The van der Waals surface area contributed by atoms with Gasteiger partial charge >= 0.3 is 0 Å². The molecule has 3 nitrogen and oxygen atoms in total. The minimum Gasteiger partial charge on any atom is -0.302 e. The lowest BCUT2D eigenvalue weighted by molar-refractivity contribution is -0.106. The zero-order valence-corrected chi connectivity index (χ0v) is 12.5.